The van der Waals surface area contributed by atoms with Crippen molar-refractivity contribution in [3.8, 4) is 35.2 Å². The number of primary amides is 1. The highest BCUT2D eigenvalue weighted by Crippen LogP contribution is 2.47. The largest absolute Gasteiger partial charge is 0.496 e. The van der Waals surface area contributed by atoms with Crippen LogP contribution < -0.4 is 42.0 Å². The summed E-state index contributed by atoms with van der Waals surface area (Å²) in [6, 6.07) is 12.7. The highest BCUT2D eigenvalue weighted by Gasteiger charge is 2.53. The van der Waals surface area contributed by atoms with Gasteiger partial charge in [-0.3, -0.25) is 52.9 Å². The lowest BCUT2D eigenvalue weighted by Crippen LogP contribution is -2.64. The van der Waals surface area contributed by atoms with Crippen LogP contribution in [-0.2, 0) is 104 Å². The highest BCUT2D eigenvalue weighted by atomic mass is 127. The molecule has 5 aliphatic heterocycles. The minimum atomic E-state index is -2.19. The number of nitrogens with zero attached hydrogens (tertiary/aromatic N) is 1. The molecule has 139 heavy (non-hydrogen) atoms. The first-order valence-corrected chi connectivity index (χ1v) is 50.8. The zero-order chi connectivity index (χ0) is 101. The Balaban J connectivity index is 0.730. The summed E-state index contributed by atoms with van der Waals surface area (Å²) in [6.45, 7) is 16.2. The van der Waals surface area contributed by atoms with Crippen LogP contribution in [0.4, 0.5) is 15.3 Å². The van der Waals surface area contributed by atoms with Gasteiger partial charge >= 0.3 is 18.1 Å². The van der Waals surface area contributed by atoms with Crippen molar-refractivity contribution in [3.05, 3.63) is 133 Å². The number of alkyl carbamates (subject to hydrolysis) is 1. The van der Waals surface area contributed by atoms with E-state index in [1.807, 2.05) is 73.7 Å². The van der Waals surface area contributed by atoms with Crippen molar-refractivity contribution in [3.63, 3.8) is 0 Å². The third-order valence-electron chi connectivity index (χ3n) is 25.1. The molecule has 4 fully saturated rings. The number of ether oxygens (including phenoxy) is 11. The molecule has 0 aromatic heterocycles. The van der Waals surface area contributed by atoms with Crippen LogP contribution in [0.5, 0.6) is 11.5 Å². The summed E-state index contributed by atoms with van der Waals surface area (Å²) in [4.78, 5) is 166. The molecule has 4 saturated heterocycles. The molecular weight excluding hydrogens is 1970 g/mol. The SMILES string of the molecule is COC(=O)CC1=C2/C(=C\CSSC(C)(C)CCC(=O)CCCNC(=O)OCc3ccc(NC(=O)[C@H](CCCNC(N)=O)CC(=O)[C@H](Cc4ccccc4)NC(=O)CCCCCN4C(=O)C=CC4=O)cc3)[C@](O)(C#C/C=C\C#C[C@@H]2OC2OC(C)C(NOC3CC(O)C(SC(=O)c4c(C)c(I)c(OC5OC(C)C(O)C(OC)C5O)c(C)c4OC)C(C)O3)C(O)C2OC2CC(C)C(CC(C)=O)CO2)CC1=O. The van der Waals surface area contributed by atoms with E-state index in [2.05, 4.69) is 50.4 Å². The lowest BCUT2D eigenvalue weighted by atomic mass is 9.72. The van der Waals surface area contributed by atoms with E-state index in [9.17, 15) is 83.1 Å². The Hall–Kier alpha value is -9.00. The molecule has 7 aliphatic rings. The number of halogens is 1. The zero-order valence-electron chi connectivity index (χ0n) is 80.1. The maximum Gasteiger partial charge on any atom is 0.407 e. The molecule has 17 unspecified atom stereocenters. The summed E-state index contributed by atoms with van der Waals surface area (Å²) in [5.74, 6) is 7.55. The maximum atomic E-state index is 14.6. The summed E-state index contributed by atoms with van der Waals surface area (Å²) >= 11 is 2.88. The number of benzene rings is 3. The second-order valence-corrected chi connectivity index (χ2v) is 41.4. The first-order valence-electron chi connectivity index (χ1n) is 46.5. The molecule has 36 nitrogen and oxygen atoms in total. The van der Waals surface area contributed by atoms with Gasteiger partial charge in [-0.05, 0) is 176 Å². The molecule has 3 aromatic carbocycles. The predicted molar refractivity (Wildman–Crippen MR) is 522 cm³/mol. The average Bonchev–Trinajstić information content (AvgIpc) is 0.748. The predicted octanol–water partition coefficient (Wildman–Crippen LogP) is 8.72. The number of allylic oxidation sites excluding steroid dienone is 2. The van der Waals surface area contributed by atoms with Gasteiger partial charge in [0.2, 0.25) is 23.2 Å². The maximum absolute atomic E-state index is 14.6. The van der Waals surface area contributed by atoms with E-state index in [1.165, 1.54) is 67.0 Å². The van der Waals surface area contributed by atoms with E-state index in [1.54, 1.807) is 65.0 Å². The Morgan fingerprint density at radius 1 is 0.770 bits per heavy atom. The Labute approximate surface area is 834 Å². The number of ketones is 4. The van der Waals surface area contributed by atoms with Crippen LogP contribution in [-0.4, -0.2) is 268 Å². The summed E-state index contributed by atoms with van der Waals surface area (Å²) in [6.07, 6.45) is -8.63. The van der Waals surface area contributed by atoms with Gasteiger partial charge < -0.3 is 109 Å². The number of carbonyl (C=O) groups is 12. The molecule has 5 heterocycles. The van der Waals surface area contributed by atoms with Crippen LogP contribution in [0, 0.1) is 58.9 Å². The molecule has 7 amide bonds. The minimum Gasteiger partial charge on any atom is -0.496 e. The van der Waals surface area contributed by atoms with Crippen molar-refractivity contribution in [2.24, 2.45) is 23.5 Å². The fourth-order valence-corrected chi connectivity index (χ4v) is 21.6. The first-order chi connectivity index (χ1) is 66.2. The third kappa shape index (κ3) is 31.7. The third-order valence-corrected chi connectivity index (χ3v) is 31.0. The number of nitrogens with two attached hydrogens (primary N) is 1. The molecule has 21 atom stereocenters. The molecule has 0 spiro atoms. The lowest BCUT2D eigenvalue weighted by molar-refractivity contribution is -0.335. The number of hydrogen-bond acceptors (Lipinski definition) is 33. The van der Waals surface area contributed by atoms with Gasteiger partial charge in [0.15, 0.2) is 36.0 Å². The molecule has 758 valence electrons. The van der Waals surface area contributed by atoms with E-state index in [4.69, 9.17) is 62.7 Å². The molecule has 2 aliphatic carbocycles. The van der Waals surface area contributed by atoms with Gasteiger partial charge in [-0.25, -0.2) is 9.59 Å². The number of imide groups is 1. The Morgan fingerprint density at radius 3 is 2.17 bits per heavy atom. The molecule has 2 bridgehead atoms. The average molecular weight is 2100 g/mol. The van der Waals surface area contributed by atoms with Gasteiger partial charge in [0, 0.05) is 128 Å². The van der Waals surface area contributed by atoms with Gasteiger partial charge in [-0.15, -0.1) is 0 Å². The van der Waals surface area contributed by atoms with Gasteiger partial charge in [-0.1, -0.05) is 119 Å². The van der Waals surface area contributed by atoms with Crippen LogP contribution in [0.15, 0.2) is 102 Å². The number of thioether (sulfide) groups is 1. The Morgan fingerprint density at radius 2 is 1.48 bits per heavy atom. The van der Waals surface area contributed by atoms with Crippen molar-refractivity contribution >= 4 is 132 Å². The molecule has 10 rings (SSSR count). The van der Waals surface area contributed by atoms with Crippen molar-refractivity contribution < 1.29 is 140 Å². The quantitative estimate of drug-likeness (QED) is 0.00478. The number of hydrogen-bond donors (Lipinski definition) is 11. The number of fused-ring (bicyclic) bond motifs is 2. The molecular formula is C99H128IN7O29S3. The number of anilines is 1. The van der Waals surface area contributed by atoms with Crippen LogP contribution in [0.1, 0.15) is 184 Å². The van der Waals surface area contributed by atoms with Gasteiger partial charge in [-0.2, -0.15) is 5.48 Å². The van der Waals surface area contributed by atoms with Crippen LogP contribution in [0.3, 0.4) is 0 Å². The van der Waals surface area contributed by atoms with Gasteiger partial charge in [0.1, 0.15) is 66.3 Å². The molecule has 12 N–H and O–H groups in total. The van der Waals surface area contributed by atoms with E-state index in [0.29, 0.717) is 64.5 Å². The number of aliphatic hydroxyl groups is 5. The topological polar surface area (TPSA) is 506 Å². The molecule has 0 radical (unpaired) electrons. The van der Waals surface area contributed by atoms with Crippen molar-refractivity contribution in [2.45, 2.75) is 292 Å². The lowest BCUT2D eigenvalue weighted by Gasteiger charge is -2.46. The van der Waals surface area contributed by atoms with E-state index in [-0.39, 0.29) is 177 Å². The standard InChI is InChI=1S/C99H128IN7O29S3/c1-54-45-78(128-53-64(54)46-55(2)108)134-90-85(118)83(106-136-79-50-71(111)91(60(7)130-79)138-93(121)80-56(3)82(100)88(57(4)87(80)126-11)135-94-86(119)89(127-12)84(117)59(6)132-94)58(5)131-95(90)133-73-29-19-13-14-21-39-99(124)51-72(112)67(49-77(116)125-10)81(73)68(99)38-44-137-139-98(8,9)40-37-66(109)28-24-42-103-97(123)129-52-62-31-33-65(34-32-62)104-92(120)63(27-23-41-102-96(101)122)48-70(110)69(47-61-25-17-15-18-26-61)105-74(113)30-20-16-22-43-107-75(114)35-36-76(107)115/h13-15,17-18,25-26,31-36,38,54,58-60,63-64,69,71,73,78-79,83-86,89-91,94-95,106,111,117-119,124H,16,20,22-24,27-28,30,37,40-53H2,1-12H3,(H,103,123)(H,104,120)(H,105,113)(H3,101,102,122)/b14-13-,68-38+/t54?,58?,59?,60?,63-,64?,69+,71?,73+,78?,79?,83?,84?,85?,86?,89?,90?,91?,94?,95?,99+/m1/s1. The second kappa shape index (κ2) is 53.4. The van der Waals surface area contributed by atoms with E-state index >= 15 is 0 Å². The number of carbonyl (C=O) groups excluding carboxylic acids is 12. The molecule has 40 heteroatoms. The fourth-order valence-electron chi connectivity index (χ4n) is 17.2. The number of methoxy groups -OCH3 is 3. The number of esters is 1. The molecule has 0 saturated carbocycles. The first kappa shape index (κ1) is 112. The van der Waals surface area contributed by atoms with Gasteiger partial charge in [0.05, 0.1) is 84.6 Å². The summed E-state index contributed by atoms with van der Waals surface area (Å²) in [7, 11) is 6.76. The number of amides is 7. The minimum absolute atomic E-state index is 0.0126. The normalized spacial score (nSPS) is 27.2. The second-order valence-electron chi connectivity index (χ2n) is 36.1. The van der Waals surface area contributed by atoms with Gasteiger partial charge in [0.25, 0.3) is 11.8 Å². The monoisotopic (exact) mass is 2100 g/mol. The number of hydroxylamine groups is 1. The van der Waals surface area contributed by atoms with Crippen LogP contribution >= 0.6 is 55.9 Å². The Kier molecular flexibility index (Phi) is 43.0. The number of rotatable bonds is 48. The number of aliphatic hydroxyl groups excluding tert-OH is 4. The number of Topliss-reactive ketones (excluding diaryl/α,β-unsaturated/α-hetero) is 4. The Bertz CT molecular complexity index is 5110. The van der Waals surface area contributed by atoms with E-state index < -0.39 is 168 Å². The van der Waals surface area contributed by atoms with Crippen molar-refractivity contribution in [1.29, 1.82) is 0 Å². The highest BCUT2D eigenvalue weighted by molar-refractivity contribution is 14.1. The van der Waals surface area contributed by atoms with Crippen molar-refractivity contribution in [2.75, 3.05) is 58.6 Å². The van der Waals surface area contributed by atoms with Crippen molar-refractivity contribution in [1.82, 2.24) is 26.3 Å². The van der Waals surface area contributed by atoms with Crippen LogP contribution in [0.25, 0.3) is 0 Å². The summed E-state index contributed by atoms with van der Waals surface area (Å²) in [5.41, 5.74) is 8.83. The summed E-state index contributed by atoms with van der Waals surface area (Å²) in [5, 5.41) is 68.8. The number of unbranched alkanes of at least 4 members (excludes halogenated alkanes) is 2. The smallest absolute Gasteiger partial charge is 0.407 e. The number of urea groups is 1. The van der Waals surface area contributed by atoms with E-state index in [0.717, 1.165) is 29.3 Å². The molecule has 3 aromatic rings. The number of nitrogens with one attached hydrogen (secondary N) is 5. The zero-order valence-corrected chi connectivity index (χ0v) is 84.7. The fraction of sp³-hybridized carbons (Fsp3) is 0.576. The summed E-state index contributed by atoms with van der Waals surface area (Å²) < 4.78 is 66.9. The van der Waals surface area contributed by atoms with Crippen LogP contribution in [0.2, 0.25) is 0 Å².